The highest BCUT2D eigenvalue weighted by atomic mass is 19.3. The first-order valence-corrected chi connectivity index (χ1v) is 12.1. The van der Waals surface area contributed by atoms with Gasteiger partial charge in [0.15, 0.2) is 17.4 Å². The fourth-order valence-electron chi connectivity index (χ4n) is 5.71. The second kappa shape index (κ2) is 11.9. The minimum Gasteiger partial charge on any atom is -0.459 e. The van der Waals surface area contributed by atoms with Gasteiger partial charge >= 0.3 is 0 Å². The maximum Gasteiger partial charge on any atom is 0.260 e. The Morgan fingerprint density at radius 2 is 1.39 bits per heavy atom. The molecule has 2 aliphatic rings. The lowest BCUT2D eigenvalue weighted by Crippen LogP contribution is -2.26. The summed E-state index contributed by atoms with van der Waals surface area (Å²) in [4.78, 5) is 0. The first-order valence-electron chi connectivity index (χ1n) is 12.1. The lowest BCUT2D eigenvalue weighted by atomic mass is 9.68. The quantitative estimate of drug-likeness (QED) is 0.276. The minimum atomic E-state index is -2.73. The summed E-state index contributed by atoms with van der Waals surface area (Å²) >= 11 is 0. The van der Waals surface area contributed by atoms with E-state index < -0.39 is 23.8 Å². The largest absolute Gasteiger partial charge is 0.459 e. The number of allylic oxidation sites excluding steroid dienone is 1. The normalized spacial score (nSPS) is 27.2. The molecule has 2 aliphatic carbocycles. The van der Waals surface area contributed by atoms with Gasteiger partial charge in [0.25, 0.3) is 6.43 Å². The molecule has 1 nitrogen and oxygen atoms in total. The molecule has 0 heterocycles. The van der Waals surface area contributed by atoms with Crippen LogP contribution in [0.2, 0.25) is 0 Å². The van der Waals surface area contributed by atoms with Crippen LogP contribution in [0.25, 0.3) is 0 Å². The van der Waals surface area contributed by atoms with E-state index in [-0.39, 0.29) is 0 Å². The molecular formula is C26H36F4O. The van der Waals surface area contributed by atoms with Crippen molar-refractivity contribution in [3.8, 4) is 5.75 Å². The van der Waals surface area contributed by atoms with Crippen molar-refractivity contribution in [3.05, 3.63) is 41.7 Å². The molecule has 0 radical (unpaired) electrons. The molecule has 0 N–H and O–H groups in total. The Kier molecular flexibility index (Phi) is 9.28. The summed E-state index contributed by atoms with van der Waals surface area (Å²) in [5, 5.41) is 0. The van der Waals surface area contributed by atoms with Gasteiger partial charge in [0, 0.05) is 6.08 Å². The van der Waals surface area contributed by atoms with E-state index in [0.717, 1.165) is 24.2 Å². The predicted octanol–water partition coefficient (Wildman–Crippen LogP) is 8.47. The first-order chi connectivity index (χ1) is 15.0. The lowest BCUT2D eigenvalue weighted by Gasteiger charge is -2.38. The average molecular weight is 441 g/mol. The van der Waals surface area contributed by atoms with Crippen LogP contribution in [-0.4, -0.2) is 6.43 Å². The fourth-order valence-corrected chi connectivity index (χ4v) is 5.71. The standard InChI is InChI=1S/C26H36F4O/c1-2-3-18-6-10-21(11-7-18)22-12-8-19(9-13-22)4-5-20-16-23(27)26(24(28)17-20)31-15-14-25(29)30/h14-19,21-22,25H,2-13H2,1H3. The van der Waals surface area contributed by atoms with Crippen molar-refractivity contribution < 1.29 is 22.3 Å². The van der Waals surface area contributed by atoms with Crippen LogP contribution in [0.4, 0.5) is 17.6 Å². The summed E-state index contributed by atoms with van der Waals surface area (Å²) in [7, 11) is 0. The van der Waals surface area contributed by atoms with Crippen LogP contribution in [0, 0.1) is 35.3 Å². The Bertz CT molecular complexity index is 678. The van der Waals surface area contributed by atoms with Gasteiger partial charge in [-0.3, -0.25) is 0 Å². The zero-order chi connectivity index (χ0) is 22.2. The van der Waals surface area contributed by atoms with E-state index in [2.05, 4.69) is 6.92 Å². The molecule has 0 saturated heterocycles. The molecular weight excluding hydrogens is 404 g/mol. The summed E-state index contributed by atoms with van der Waals surface area (Å²) in [6.07, 6.45) is 13.2. The molecule has 2 fully saturated rings. The van der Waals surface area contributed by atoms with Gasteiger partial charge in [-0.2, -0.15) is 0 Å². The van der Waals surface area contributed by atoms with E-state index >= 15 is 0 Å². The topological polar surface area (TPSA) is 9.23 Å². The van der Waals surface area contributed by atoms with Crippen molar-refractivity contribution in [2.75, 3.05) is 0 Å². The zero-order valence-electron chi connectivity index (χ0n) is 18.6. The molecule has 0 aliphatic heterocycles. The van der Waals surface area contributed by atoms with E-state index in [0.29, 0.717) is 30.2 Å². The number of hydrogen-bond acceptors (Lipinski definition) is 1. The van der Waals surface area contributed by atoms with Crippen LogP contribution < -0.4 is 4.74 Å². The van der Waals surface area contributed by atoms with Crippen LogP contribution in [0.5, 0.6) is 5.75 Å². The smallest absolute Gasteiger partial charge is 0.260 e. The Morgan fingerprint density at radius 1 is 0.871 bits per heavy atom. The molecule has 0 amide bonds. The number of benzene rings is 1. The van der Waals surface area contributed by atoms with Crippen LogP contribution in [0.1, 0.15) is 83.1 Å². The highest BCUT2D eigenvalue weighted by Gasteiger charge is 2.30. The molecule has 1 aromatic rings. The monoisotopic (exact) mass is 440 g/mol. The fraction of sp³-hybridized carbons (Fsp3) is 0.692. The Labute approximate surface area is 184 Å². The molecule has 0 spiro atoms. The van der Waals surface area contributed by atoms with Gasteiger partial charge in [0.2, 0.25) is 0 Å². The van der Waals surface area contributed by atoms with Gasteiger partial charge in [-0.25, -0.2) is 17.6 Å². The Morgan fingerprint density at radius 3 is 1.87 bits per heavy atom. The number of alkyl halides is 2. The van der Waals surface area contributed by atoms with Gasteiger partial charge in [0.05, 0.1) is 6.26 Å². The summed E-state index contributed by atoms with van der Waals surface area (Å²) in [5.41, 5.74) is 0.594. The zero-order valence-corrected chi connectivity index (χ0v) is 18.6. The number of hydrogen-bond donors (Lipinski definition) is 0. The van der Waals surface area contributed by atoms with Crippen LogP contribution in [-0.2, 0) is 6.42 Å². The maximum atomic E-state index is 14.1. The molecule has 1 aromatic carbocycles. The van der Waals surface area contributed by atoms with Crippen molar-refractivity contribution in [1.29, 1.82) is 0 Å². The third-order valence-corrected chi connectivity index (χ3v) is 7.46. The van der Waals surface area contributed by atoms with E-state index in [9.17, 15) is 17.6 Å². The molecule has 0 bridgehead atoms. The number of halogens is 4. The summed E-state index contributed by atoms with van der Waals surface area (Å²) < 4.78 is 57.2. The predicted molar refractivity (Wildman–Crippen MR) is 116 cm³/mol. The summed E-state index contributed by atoms with van der Waals surface area (Å²) in [6.45, 7) is 2.28. The third-order valence-electron chi connectivity index (χ3n) is 7.46. The van der Waals surface area contributed by atoms with Gasteiger partial charge in [0.1, 0.15) is 0 Å². The Hall–Kier alpha value is -1.52. The van der Waals surface area contributed by atoms with Crippen molar-refractivity contribution in [1.82, 2.24) is 0 Å². The van der Waals surface area contributed by atoms with Crippen molar-refractivity contribution >= 4 is 0 Å². The second-order valence-electron chi connectivity index (χ2n) is 9.56. The molecule has 0 atom stereocenters. The number of aryl methyl sites for hydroxylation is 1. The van der Waals surface area contributed by atoms with Crippen LogP contribution >= 0.6 is 0 Å². The van der Waals surface area contributed by atoms with Gasteiger partial charge in [-0.15, -0.1) is 0 Å². The highest BCUT2D eigenvalue weighted by molar-refractivity contribution is 5.32. The molecule has 0 unspecified atom stereocenters. The minimum absolute atomic E-state index is 0.444. The van der Waals surface area contributed by atoms with Gasteiger partial charge < -0.3 is 4.74 Å². The van der Waals surface area contributed by atoms with E-state index in [1.54, 1.807) is 0 Å². The van der Waals surface area contributed by atoms with Gasteiger partial charge in [-0.05, 0) is 79.9 Å². The van der Waals surface area contributed by atoms with Crippen molar-refractivity contribution in [2.45, 2.75) is 90.4 Å². The van der Waals surface area contributed by atoms with E-state index in [1.165, 1.54) is 76.3 Å². The average Bonchev–Trinajstić information content (AvgIpc) is 2.75. The molecule has 2 saturated carbocycles. The molecule has 0 aromatic heterocycles. The number of rotatable bonds is 9. The van der Waals surface area contributed by atoms with E-state index in [4.69, 9.17) is 4.74 Å². The second-order valence-corrected chi connectivity index (χ2v) is 9.56. The number of ether oxygens (including phenoxy) is 1. The lowest BCUT2D eigenvalue weighted by molar-refractivity contribution is 0.141. The van der Waals surface area contributed by atoms with Crippen LogP contribution in [0.15, 0.2) is 24.5 Å². The first kappa shape index (κ1) is 24.1. The van der Waals surface area contributed by atoms with E-state index in [1.807, 2.05) is 0 Å². The molecule has 174 valence electrons. The Balaban J connectivity index is 1.42. The molecule has 31 heavy (non-hydrogen) atoms. The van der Waals surface area contributed by atoms with Gasteiger partial charge in [-0.1, -0.05) is 45.4 Å². The van der Waals surface area contributed by atoms with Crippen LogP contribution in [0.3, 0.4) is 0 Å². The summed E-state index contributed by atoms with van der Waals surface area (Å²) in [5.74, 6) is 1.01. The molecule has 3 rings (SSSR count). The highest BCUT2D eigenvalue weighted by Crippen LogP contribution is 2.43. The molecule has 5 heteroatoms. The SMILES string of the molecule is CCCC1CCC(C2CCC(CCc3cc(F)c(OC=CC(F)F)c(F)c3)CC2)CC1. The third kappa shape index (κ3) is 7.25. The van der Waals surface area contributed by atoms with Crippen molar-refractivity contribution in [2.24, 2.45) is 23.7 Å². The maximum absolute atomic E-state index is 14.1. The summed E-state index contributed by atoms with van der Waals surface area (Å²) in [6, 6.07) is 2.52. The van der Waals surface area contributed by atoms with Crippen molar-refractivity contribution in [3.63, 3.8) is 0 Å².